The van der Waals surface area contributed by atoms with Crippen molar-refractivity contribution in [2.24, 2.45) is 10.3 Å². The SMILES string of the molecule is CC/C(C)=C(\CC)NN=NC. The topological polar surface area (TPSA) is 36.8 Å². The highest BCUT2D eigenvalue weighted by molar-refractivity contribution is 5.08. The molecule has 0 saturated carbocycles. The molecule has 11 heavy (non-hydrogen) atoms. The molecule has 0 heterocycles. The largest absolute Gasteiger partial charge is 0.264 e. The molecule has 64 valence electrons. The highest BCUT2D eigenvalue weighted by atomic mass is 15.4. The van der Waals surface area contributed by atoms with Gasteiger partial charge in [0.15, 0.2) is 0 Å². The summed E-state index contributed by atoms with van der Waals surface area (Å²) in [6.07, 6.45) is 2.05. The summed E-state index contributed by atoms with van der Waals surface area (Å²) < 4.78 is 0. The number of allylic oxidation sites excluding steroid dienone is 2. The van der Waals surface area contributed by atoms with E-state index in [2.05, 4.69) is 36.5 Å². The summed E-state index contributed by atoms with van der Waals surface area (Å²) in [6, 6.07) is 0. The zero-order valence-electron chi connectivity index (χ0n) is 7.81. The van der Waals surface area contributed by atoms with Crippen molar-refractivity contribution in [3.8, 4) is 0 Å². The van der Waals surface area contributed by atoms with Crippen LogP contribution in [0.3, 0.4) is 0 Å². The van der Waals surface area contributed by atoms with E-state index in [1.807, 2.05) is 0 Å². The first kappa shape index (κ1) is 10.1. The Balaban J connectivity index is 4.14. The molecule has 0 aliphatic rings. The third kappa shape index (κ3) is 3.75. The lowest BCUT2D eigenvalue weighted by atomic mass is 10.1. The van der Waals surface area contributed by atoms with Gasteiger partial charge in [0, 0.05) is 5.70 Å². The van der Waals surface area contributed by atoms with Gasteiger partial charge in [-0.2, -0.15) is 5.11 Å². The van der Waals surface area contributed by atoms with Gasteiger partial charge < -0.3 is 0 Å². The van der Waals surface area contributed by atoms with Crippen molar-refractivity contribution in [3.05, 3.63) is 11.3 Å². The summed E-state index contributed by atoms with van der Waals surface area (Å²) >= 11 is 0. The zero-order chi connectivity index (χ0) is 8.69. The molecule has 0 saturated heterocycles. The number of nitrogens with zero attached hydrogens (tertiary/aromatic N) is 2. The third-order valence-electron chi connectivity index (χ3n) is 1.68. The molecule has 1 N–H and O–H groups in total. The maximum absolute atomic E-state index is 3.73. The van der Waals surface area contributed by atoms with Crippen LogP contribution in [0.15, 0.2) is 21.6 Å². The Bertz CT molecular complexity index is 159. The van der Waals surface area contributed by atoms with Gasteiger partial charge >= 0.3 is 0 Å². The molecule has 0 aliphatic carbocycles. The molecule has 0 aromatic rings. The average Bonchev–Trinajstić information content (AvgIpc) is 2.05. The van der Waals surface area contributed by atoms with E-state index >= 15 is 0 Å². The van der Waals surface area contributed by atoms with Gasteiger partial charge in [-0.1, -0.05) is 24.6 Å². The van der Waals surface area contributed by atoms with Crippen LogP contribution in [-0.4, -0.2) is 7.05 Å². The van der Waals surface area contributed by atoms with Gasteiger partial charge in [0.1, 0.15) is 0 Å². The van der Waals surface area contributed by atoms with Crippen LogP contribution in [0.4, 0.5) is 0 Å². The molecule has 0 rings (SSSR count). The first-order valence-electron chi connectivity index (χ1n) is 3.99. The molecule has 0 unspecified atom stereocenters. The summed E-state index contributed by atoms with van der Waals surface area (Å²) in [5.74, 6) is 0. The quantitative estimate of drug-likeness (QED) is 0.491. The Morgan fingerprint density at radius 3 is 2.27 bits per heavy atom. The Labute approximate surface area is 68.6 Å². The smallest absolute Gasteiger partial charge is 0.0509 e. The maximum atomic E-state index is 3.73. The standard InChI is InChI=1S/C8H17N3/c1-5-7(3)8(6-2)10-11-9-4/h5-6H2,1-4H3,(H,9,10)/b8-7+. The number of hydrogen-bond acceptors (Lipinski definition) is 2. The molecule has 0 atom stereocenters. The fourth-order valence-electron chi connectivity index (χ4n) is 0.800. The molecule has 0 fully saturated rings. The molecule has 0 amide bonds. The van der Waals surface area contributed by atoms with Gasteiger partial charge in [-0.05, 0) is 19.8 Å². The van der Waals surface area contributed by atoms with Crippen molar-refractivity contribution in [1.29, 1.82) is 0 Å². The van der Waals surface area contributed by atoms with Crippen LogP contribution in [0.1, 0.15) is 33.6 Å². The fraction of sp³-hybridized carbons (Fsp3) is 0.750. The van der Waals surface area contributed by atoms with E-state index in [0.29, 0.717) is 0 Å². The Hall–Kier alpha value is -0.860. The Morgan fingerprint density at radius 2 is 1.91 bits per heavy atom. The predicted octanol–water partition coefficient (Wildman–Crippen LogP) is 2.67. The van der Waals surface area contributed by atoms with Gasteiger partial charge in [0.2, 0.25) is 0 Å². The molecule has 0 aliphatic heterocycles. The van der Waals surface area contributed by atoms with E-state index in [4.69, 9.17) is 0 Å². The van der Waals surface area contributed by atoms with Crippen molar-refractivity contribution in [2.45, 2.75) is 33.6 Å². The monoisotopic (exact) mass is 155 g/mol. The first-order valence-corrected chi connectivity index (χ1v) is 3.99. The van der Waals surface area contributed by atoms with E-state index in [9.17, 15) is 0 Å². The van der Waals surface area contributed by atoms with Gasteiger partial charge in [0.05, 0.1) is 7.05 Å². The molecule has 0 spiro atoms. The van der Waals surface area contributed by atoms with Crippen LogP contribution in [0.2, 0.25) is 0 Å². The maximum Gasteiger partial charge on any atom is 0.0509 e. The molecular formula is C8H17N3. The summed E-state index contributed by atoms with van der Waals surface area (Å²) in [6.45, 7) is 6.35. The first-order chi connectivity index (χ1) is 5.26. The molecular weight excluding hydrogens is 138 g/mol. The second-order valence-corrected chi connectivity index (χ2v) is 2.38. The highest BCUT2D eigenvalue weighted by Gasteiger charge is 1.95. The van der Waals surface area contributed by atoms with Crippen LogP contribution >= 0.6 is 0 Å². The minimum absolute atomic E-state index is 0.985. The van der Waals surface area contributed by atoms with E-state index in [-0.39, 0.29) is 0 Å². The molecule has 0 aromatic heterocycles. The van der Waals surface area contributed by atoms with Gasteiger partial charge in [-0.3, -0.25) is 5.43 Å². The van der Waals surface area contributed by atoms with Crippen LogP contribution < -0.4 is 5.43 Å². The van der Waals surface area contributed by atoms with Crippen LogP contribution in [0.5, 0.6) is 0 Å². The van der Waals surface area contributed by atoms with Crippen molar-refractivity contribution in [2.75, 3.05) is 7.05 Å². The summed E-state index contributed by atoms with van der Waals surface area (Å²) in [7, 11) is 1.65. The lowest BCUT2D eigenvalue weighted by Crippen LogP contribution is -2.05. The van der Waals surface area contributed by atoms with Crippen LogP contribution in [0.25, 0.3) is 0 Å². The van der Waals surface area contributed by atoms with Crippen LogP contribution in [-0.2, 0) is 0 Å². The third-order valence-corrected chi connectivity index (χ3v) is 1.68. The summed E-state index contributed by atoms with van der Waals surface area (Å²) in [5.41, 5.74) is 5.43. The van der Waals surface area contributed by atoms with E-state index < -0.39 is 0 Å². The fourth-order valence-corrected chi connectivity index (χ4v) is 0.800. The van der Waals surface area contributed by atoms with Gasteiger partial charge in [-0.25, -0.2) is 0 Å². The Morgan fingerprint density at radius 1 is 1.27 bits per heavy atom. The second-order valence-electron chi connectivity index (χ2n) is 2.38. The number of nitrogens with one attached hydrogen (secondary N) is 1. The molecule has 0 aromatic carbocycles. The molecule has 0 bridgehead atoms. The van der Waals surface area contributed by atoms with Crippen LogP contribution in [0, 0.1) is 0 Å². The Kier molecular flexibility index (Phi) is 5.43. The average molecular weight is 155 g/mol. The highest BCUT2D eigenvalue weighted by Crippen LogP contribution is 2.07. The number of rotatable bonds is 4. The van der Waals surface area contributed by atoms with Gasteiger partial charge in [0.25, 0.3) is 0 Å². The van der Waals surface area contributed by atoms with E-state index in [0.717, 1.165) is 12.8 Å². The minimum Gasteiger partial charge on any atom is -0.264 e. The van der Waals surface area contributed by atoms with Gasteiger partial charge in [-0.15, -0.1) is 0 Å². The van der Waals surface area contributed by atoms with Crippen molar-refractivity contribution >= 4 is 0 Å². The minimum atomic E-state index is 0.985. The second kappa shape index (κ2) is 5.89. The predicted molar refractivity (Wildman–Crippen MR) is 47.2 cm³/mol. The van der Waals surface area contributed by atoms with Crippen molar-refractivity contribution in [1.82, 2.24) is 5.43 Å². The van der Waals surface area contributed by atoms with Crippen molar-refractivity contribution < 1.29 is 0 Å². The number of hydrogen-bond donors (Lipinski definition) is 1. The molecule has 3 heteroatoms. The zero-order valence-corrected chi connectivity index (χ0v) is 7.81. The molecule has 3 nitrogen and oxygen atoms in total. The summed E-state index contributed by atoms with van der Waals surface area (Å²) in [5, 5.41) is 7.35. The van der Waals surface area contributed by atoms with Crippen molar-refractivity contribution in [3.63, 3.8) is 0 Å². The lowest BCUT2D eigenvalue weighted by molar-refractivity contribution is 0.744. The molecule has 0 radical (unpaired) electrons. The van der Waals surface area contributed by atoms with E-state index in [1.54, 1.807) is 7.05 Å². The summed E-state index contributed by atoms with van der Waals surface area (Å²) in [4.78, 5) is 0. The van der Waals surface area contributed by atoms with E-state index in [1.165, 1.54) is 11.3 Å². The normalized spacial score (nSPS) is 13.5. The lowest BCUT2D eigenvalue weighted by Gasteiger charge is -2.05.